The smallest absolute Gasteiger partial charge is 0.427 e. The highest BCUT2D eigenvalue weighted by Gasteiger charge is 2.59. The molecule has 0 saturated carbocycles. The average molecular weight is 352 g/mol. The van der Waals surface area contributed by atoms with Gasteiger partial charge in [-0.1, -0.05) is 35.9 Å². The van der Waals surface area contributed by atoms with Crippen molar-refractivity contribution in [1.82, 2.24) is 0 Å². The fourth-order valence-electron chi connectivity index (χ4n) is 1.90. The third-order valence-corrected chi connectivity index (χ3v) is 3.15. The van der Waals surface area contributed by atoms with Crippen molar-refractivity contribution in [2.75, 3.05) is 0 Å². The maximum Gasteiger partial charge on any atom is 0.439 e. The monoisotopic (exact) mass is 352 g/mol. The molecule has 0 saturated heterocycles. The molecule has 2 aromatic carbocycles. The minimum absolute atomic E-state index is 0.302. The number of halogens is 7. The van der Waals surface area contributed by atoms with Crippen molar-refractivity contribution in [2.24, 2.45) is 0 Å². The zero-order chi connectivity index (χ0) is 18.1. The van der Waals surface area contributed by atoms with Crippen LogP contribution in [0.3, 0.4) is 0 Å². The fraction of sp³-hybridized carbons (Fsp3) is 0.250. The van der Waals surface area contributed by atoms with E-state index in [2.05, 4.69) is 4.74 Å². The Morgan fingerprint density at radius 3 is 1.92 bits per heavy atom. The summed E-state index contributed by atoms with van der Waals surface area (Å²) in [5.74, 6) is -2.51. The number of hydrogen-bond acceptors (Lipinski definition) is 1. The van der Waals surface area contributed by atoms with Crippen LogP contribution in [0.15, 0.2) is 42.5 Å². The highest BCUT2D eigenvalue weighted by Crippen LogP contribution is 2.37. The molecule has 0 aliphatic rings. The van der Waals surface area contributed by atoms with E-state index in [0.717, 1.165) is 17.7 Å². The molecule has 0 radical (unpaired) electrons. The van der Waals surface area contributed by atoms with Crippen molar-refractivity contribution in [3.05, 3.63) is 53.8 Å². The Bertz CT molecular complexity index is 707. The minimum Gasteiger partial charge on any atom is -0.427 e. The van der Waals surface area contributed by atoms with E-state index in [1.165, 1.54) is 6.07 Å². The fourth-order valence-corrected chi connectivity index (χ4v) is 1.90. The Kier molecular flexibility index (Phi) is 4.77. The van der Waals surface area contributed by atoms with E-state index in [9.17, 15) is 30.7 Å². The van der Waals surface area contributed by atoms with E-state index >= 15 is 0 Å². The molecule has 130 valence electrons. The molecule has 1 unspecified atom stereocenters. The standard InChI is InChI=1S/C16H11F7O/c1-9-2-4-10(5-3-9)11-6-7-13(12(17)8-11)24-16(22,23)14(18)15(19,20)21/h2-8,14H,1H3. The molecule has 0 aromatic heterocycles. The van der Waals surface area contributed by atoms with Gasteiger partial charge in [-0.3, -0.25) is 0 Å². The van der Waals surface area contributed by atoms with E-state index < -0.39 is 30.0 Å². The Morgan fingerprint density at radius 1 is 0.875 bits per heavy atom. The van der Waals surface area contributed by atoms with Crippen LogP contribution in [0.4, 0.5) is 30.7 Å². The molecular weight excluding hydrogens is 341 g/mol. The normalized spacial score (nSPS) is 13.7. The summed E-state index contributed by atoms with van der Waals surface area (Å²) in [5, 5.41) is 0. The summed E-state index contributed by atoms with van der Waals surface area (Å²) in [6.07, 6.45) is -15.6. The predicted octanol–water partition coefficient (Wildman–Crippen LogP) is 5.67. The van der Waals surface area contributed by atoms with Gasteiger partial charge >= 0.3 is 12.3 Å². The SMILES string of the molecule is Cc1ccc(-c2ccc(OC(F)(F)C(F)C(F)(F)F)c(F)c2)cc1. The molecule has 0 amide bonds. The van der Waals surface area contributed by atoms with Gasteiger partial charge in [0.25, 0.3) is 6.17 Å². The summed E-state index contributed by atoms with van der Waals surface area (Å²) >= 11 is 0. The quantitative estimate of drug-likeness (QED) is 0.644. The minimum atomic E-state index is -5.83. The van der Waals surface area contributed by atoms with Crippen molar-refractivity contribution >= 4 is 0 Å². The second-order valence-corrected chi connectivity index (χ2v) is 5.08. The van der Waals surface area contributed by atoms with Gasteiger partial charge in [-0.15, -0.1) is 0 Å². The number of benzene rings is 2. The van der Waals surface area contributed by atoms with E-state index in [4.69, 9.17) is 0 Å². The first-order chi connectivity index (χ1) is 11.0. The number of ether oxygens (including phenoxy) is 1. The lowest BCUT2D eigenvalue weighted by molar-refractivity contribution is -0.305. The molecule has 24 heavy (non-hydrogen) atoms. The van der Waals surface area contributed by atoms with Gasteiger partial charge in [0.05, 0.1) is 0 Å². The molecule has 8 heteroatoms. The Hall–Kier alpha value is -2.25. The van der Waals surface area contributed by atoms with Gasteiger partial charge in [-0.05, 0) is 30.2 Å². The zero-order valence-electron chi connectivity index (χ0n) is 12.2. The third-order valence-electron chi connectivity index (χ3n) is 3.15. The van der Waals surface area contributed by atoms with Crippen LogP contribution in [0.1, 0.15) is 5.56 Å². The van der Waals surface area contributed by atoms with E-state index in [1.807, 2.05) is 6.92 Å². The third kappa shape index (κ3) is 3.98. The molecule has 0 heterocycles. The molecule has 1 nitrogen and oxygen atoms in total. The Morgan fingerprint density at radius 2 is 1.42 bits per heavy atom. The van der Waals surface area contributed by atoms with Crippen LogP contribution < -0.4 is 4.74 Å². The van der Waals surface area contributed by atoms with Crippen molar-refractivity contribution < 1.29 is 35.5 Å². The first kappa shape index (κ1) is 18.1. The summed E-state index contributed by atoms with van der Waals surface area (Å²) < 4.78 is 92.7. The number of hydrogen-bond donors (Lipinski definition) is 0. The van der Waals surface area contributed by atoms with Crippen molar-refractivity contribution in [3.8, 4) is 16.9 Å². The molecule has 0 fully saturated rings. The summed E-state index contributed by atoms with van der Waals surface area (Å²) in [6.45, 7) is 1.83. The van der Waals surface area contributed by atoms with E-state index in [-0.39, 0.29) is 0 Å². The van der Waals surface area contributed by atoms with Gasteiger partial charge in [0.1, 0.15) is 0 Å². The summed E-state index contributed by atoms with van der Waals surface area (Å²) in [7, 11) is 0. The van der Waals surface area contributed by atoms with Crippen molar-refractivity contribution in [1.29, 1.82) is 0 Å². The van der Waals surface area contributed by atoms with E-state index in [0.29, 0.717) is 11.1 Å². The molecule has 1 atom stereocenters. The molecular formula is C16H11F7O. The maximum atomic E-state index is 13.8. The van der Waals surface area contributed by atoms with E-state index in [1.54, 1.807) is 24.3 Å². The number of aryl methyl sites for hydroxylation is 1. The average Bonchev–Trinajstić information content (AvgIpc) is 2.48. The number of alkyl halides is 6. The Labute approximate surface area is 132 Å². The lowest BCUT2D eigenvalue weighted by Gasteiger charge is -2.23. The van der Waals surface area contributed by atoms with Crippen LogP contribution in [-0.2, 0) is 0 Å². The van der Waals surface area contributed by atoms with Crippen LogP contribution in [0.25, 0.3) is 11.1 Å². The lowest BCUT2D eigenvalue weighted by Crippen LogP contribution is -2.45. The van der Waals surface area contributed by atoms with Crippen LogP contribution in [0.5, 0.6) is 5.75 Å². The molecule has 0 N–H and O–H groups in total. The zero-order valence-corrected chi connectivity index (χ0v) is 12.2. The van der Waals surface area contributed by atoms with Gasteiger partial charge in [0.15, 0.2) is 11.6 Å². The largest absolute Gasteiger partial charge is 0.439 e. The van der Waals surface area contributed by atoms with Gasteiger partial charge in [0, 0.05) is 0 Å². The predicted molar refractivity (Wildman–Crippen MR) is 73.1 cm³/mol. The van der Waals surface area contributed by atoms with Crippen molar-refractivity contribution in [3.63, 3.8) is 0 Å². The second-order valence-electron chi connectivity index (χ2n) is 5.08. The van der Waals surface area contributed by atoms with Gasteiger partial charge in [-0.2, -0.15) is 22.0 Å². The van der Waals surface area contributed by atoms with Gasteiger partial charge < -0.3 is 4.74 Å². The second kappa shape index (κ2) is 6.33. The first-order valence-corrected chi connectivity index (χ1v) is 6.65. The molecule has 2 aromatic rings. The van der Waals surface area contributed by atoms with Crippen LogP contribution >= 0.6 is 0 Å². The summed E-state index contributed by atoms with van der Waals surface area (Å²) in [4.78, 5) is 0. The van der Waals surface area contributed by atoms with Crippen LogP contribution in [0, 0.1) is 12.7 Å². The maximum absolute atomic E-state index is 13.8. The summed E-state index contributed by atoms with van der Waals surface area (Å²) in [6, 6.07) is 9.51. The van der Waals surface area contributed by atoms with Crippen molar-refractivity contribution in [2.45, 2.75) is 25.4 Å². The first-order valence-electron chi connectivity index (χ1n) is 6.65. The molecule has 0 aliphatic heterocycles. The molecule has 2 rings (SSSR count). The highest BCUT2D eigenvalue weighted by atomic mass is 19.4. The number of rotatable bonds is 4. The van der Waals surface area contributed by atoms with Crippen LogP contribution in [-0.4, -0.2) is 18.5 Å². The lowest BCUT2D eigenvalue weighted by atomic mass is 10.0. The highest BCUT2D eigenvalue weighted by molar-refractivity contribution is 5.64. The van der Waals surface area contributed by atoms with Gasteiger partial charge in [0.2, 0.25) is 0 Å². The summed E-state index contributed by atoms with van der Waals surface area (Å²) in [5.41, 5.74) is 1.81. The molecule has 0 aliphatic carbocycles. The topological polar surface area (TPSA) is 9.23 Å². The van der Waals surface area contributed by atoms with Gasteiger partial charge in [-0.25, -0.2) is 8.78 Å². The molecule has 0 bridgehead atoms. The Balaban J connectivity index is 2.25. The van der Waals surface area contributed by atoms with Crippen LogP contribution in [0.2, 0.25) is 0 Å². The molecule has 0 spiro atoms.